The van der Waals surface area contributed by atoms with Crippen molar-refractivity contribution >= 4 is 33.4 Å². The van der Waals surface area contributed by atoms with Crippen LogP contribution in [0, 0.1) is 5.82 Å². The topological polar surface area (TPSA) is 126 Å². The van der Waals surface area contributed by atoms with Crippen LogP contribution in [0.25, 0.3) is 0 Å². The molecule has 1 aromatic heterocycles. The van der Waals surface area contributed by atoms with E-state index in [1.54, 1.807) is 0 Å². The number of carbonyl (C=O) groups is 2. The third kappa shape index (κ3) is 5.01. The quantitative estimate of drug-likeness (QED) is 0.603. The van der Waals surface area contributed by atoms with Gasteiger partial charge in [-0.1, -0.05) is 11.6 Å². The Labute approximate surface area is 184 Å². The van der Waals surface area contributed by atoms with Crippen molar-refractivity contribution in [1.82, 2.24) is 19.5 Å². The number of hydrogen-bond acceptors (Lipinski definition) is 6. The second kappa shape index (κ2) is 9.69. The van der Waals surface area contributed by atoms with E-state index in [2.05, 4.69) is 10.3 Å². The molecule has 9 nitrogen and oxygen atoms in total. The fraction of sp³-hybridized carbons (Fsp3) is 0.316. The van der Waals surface area contributed by atoms with E-state index in [0.717, 1.165) is 28.6 Å². The van der Waals surface area contributed by atoms with Crippen molar-refractivity contribution in [2.75, 3.05) is 26.2 Å². The zero-order chi connectivity index (χ0) is 22.6. The van der Waals surface area contributed by atoms with Gasteiger partial charge in [-0.3, -0.25) is 9.59 Å². The lowest BCUT2D eigenvalue weighted by atomic mass is 10.2. The summed E-state index contributed by atoms with van der Waals surface area (Å²) in [6, 6.07) is 7.13. The Morgan fingerprint density at radius 2 is 1.90 bits per heavy atom. The van der Waals surface area contributed by atoms with Gasteiger partial charge in [0.25, 0.3) is 11.8 Å². The van der Waals surface area contributed by atoms with E-state index in [9.17, 15) is 22.4 Å². The van der Waals surface area contributed by atoms with Crippen molar-refractivity contribution in [2.24, 2.45) is 5.73 Å². The molecule has 1 atom stereocenters. The third-order valence-electron chi connectivity index (χ3n) is 4.68. The molecule has 1 aromatic carbocycles. The summed E-state index contributed by atoms with van der Waals surface area (Å²) in [7, 11) is -4.21. The first kappa shape index (κ1) is 23.1. The lowest BCUT2D eigenvalue weighted by molar-refractivity contribution is -0.130. The van der Waals surface area contributed by atoms with Gasteiger partial charge in [0.1, 0.15) is 11.0 Å². The highest BCUT2D eigenvalue weighted by Gasteiger charge is 2.44. The number of benzene rings is 1. The third-order valence-corrected chi connectivity index (χ3v) is 6.77. The van der Waals surface area contributed by atoms with Gasteiger partial charge in [-0.25, -0.2) is 17.8 Å². The van der Waals surface area contributed by atoms with Gasteiger partial charge in [0.05, 0.1) is 10.5 Å². The largest absolute Gasteiger partial charge is 0.352 e. The van der Waals surface area contributed by atoms with E-state index in [-0.39, 0.29) is 41.8 Å². The molecule has 1 fully saturated rings. The molecule has 1 saturated heterocycles. The molecule has 0 saturated carbocycles. The maximum absolute atomic E-state index is 13.3. The highest BCUT2D eigenvalue weighted by Crippen LogP contribution is 2.26. The molecule has 1 unspecified atom stereocenters. The normalized spacial score (nSPS) is 17.4. The molecular formula is C19H21ClFN5O4S. The minimum atomic E-state index is -4.21. The average molecular weight is 470 g/mol. The van der Waals surface area contributed by atoms with Gasteiger partial charge in [-0.15, -0.1) is 0 Å². The molecule has 3 rings (SSSR count). The number of halogens is 2. The Hall–Kier alpha value is -2.60. The van der Waals surface area contributed by atoms with Gasteiger partial charge in [0.2, 0.25) is 10.0 Å². The molecule has 31 heavy (non-hydrogen) atoms. The first-order chi connectivity index (χ1) is 14.8. The number of rotatable bonds is 6. The minimum Gasteiger partial charge on any atom is -0.352 e. The van der Waals surface area contributed by atoms with Crippen LogP contribution in [0.5, 0.6) is 0 Å². The second-order valence-corrected chi connectivity index (χ2v) is 9.02. The zero-order valence-electron chi connectivity index (χ0n) is 16.4. The predicted molar refractivity (Wildman–Crippen MR) is 111 cm³/mol. The summed E-state index contributed by atoms with van der Waals surface area (Å²) >= 11 is 5.77. The smallest absolute Gasteiger partial charge is 0.259 e. The molecule has 0 radical (unpaired) electrons. The van der Waals surface area contributed by atoms with Crippen molar-refractivity contribution in [3.05, 3.63) is 59.1 Å². The highest BCUT2D eigenvalue weighted by atomic mass is 35.5. The van der Waals surface area contributed by atoms with Crippen molar-refractivity contribution in [3.8, 4) is 0 Å². The molecule has 2 aromatic rings. The fourth-order valence-corrected chi connectivity index (χ4v) is 4.93. The first-order valence-electron chi connectivity index (χ1n) is 9.43. The second-order valence-electron chi connectivity index (χ2n) is 6.74. The van der Waals surface area contributed by atoms with Crippen LogP contribution >= 0.6 is 11.6 Å². The number of carbonyl (C=O) groups excluding carboxylic acids is 2. The van der Waals surface area contributed by atoms with E-state index in [1.807, 2.05) is 0 Å². The van der Waals surface area contributed by atoms with E-state index in [4.69, 9.17) is 17.3 Å². The lowest BCUT2D eigenvalue weighted by Gasteiger charge is -2.41. The summed E-state index contributed by atoms with van der Waals surface area (Å²) < 4.78 is 40.8. The Bertz CT molecular complexity index is 1050. The van der Waals surface area contributed by atoms with Crippen LogP contribution in [-0.2, 0) is 14.8 Å². The number of nitrogens with one attached hydrogen (secondary N) is 1. The number of pyridine rings is 1. The molecule has 0 aliphatic carbocycles. The summed E-state index contributed by atoms with van der Waals surface area (Å²) in [5, 5.41) is 2.74. The van der Waals surface area contributed by atoms with Crippen LogP contribution in [-0.4, -0.2) is 66.8 Å². The predicted octanol–water partition coefficient (Wildman–Crippen LogP) is 0.812. The Morgan fingerprint density at radius 3 is 2.52 bits per heavy atom. The van der Waals surface area contributed by atoms with E-state index >= 15 is 0 Å². The zero-order valence-corrected chi connectivity index (χ0v) is 17.9. The van der Waals surface area contributed by atoms with Gasteiger partial charge in [0, 0.05) is 32.4 Å². The van der Waals surface area contributed by atoms with Crippen molar-refractivity contribution < 1.29 is 22.4 Å². The van der Waals surface area contributed by atoms with E-state index < -0.39 is 33.8 Å². The molecule has 3 N–H and O–H groups in total. The molecule has 12 heteroatoms. The van der Waals surface area contributed by atoms with E-state index in [1.165, 1.54) is 23.2 Å². The standard InChI is InChI=1S/C19H21ClFN5O4S/c20-16-7-2-13(12-24-16)19(28)25-10-1-11-26(18(25)17(27)23-9-8-22)31(29,30)15-5-3-14(21)4-6-15/h2-7,12,18H,1,8-11,22H2,(H,23,27). The number of nitrogens with zero attached hydrogens (tertiary/aromatic N) is 3. The molecule has 166 valence electrons. The minimum absolute atomic E-state index is 0.00304. The van der Waals surface area contributed by atoms with Crippen LogP contribution < -0.4 is 11.1 Å². The van der Waals surface area contributed by atoms with Crippen LogP contribution in [0.4, 0.5) is 4.39 Å². The van der Waals surface area contributed by atoms with Gasteiger partial charge in [-0.05, 0) is 42.8 Å². The Morgan fingerprint density at radius 1 is 1.19 bits per heavy atom. The van der Waals surface area contributed by atoms with Gasteiger partial charge in [-0.2, -0.15) is 4.31 Å². The summed E-state index contributed by atoms with van der Waals surface area (Å²) in [5.74, 6) is -1.86. The molecule has 2 amide bonds. The highest BCUT2D eigenvalue weighted by molar-refractivity contribution is 7.89. The molecule has 0 spiro atoms. The van der Waals surface area contributed by atoms with Gasteiger partial charge < -0.3 is 16.0 Å². The summed E-state index contributed by atoms with van der Waals surface area (Å²) in [4.78, 5) is 30.9. The van der Waals surface area contributed by atoms with E-state index in [0.29, 0.717) is 6.42 Å². The summed E-state index contributed by atoms with van der Waals surface area (Å²) in [6.07, 6.45) is 0.111. The molecule has 2 heterocycles. The first-order valence-corrected chi connectivity index (χ1v) is 11.2. The molecule has 0 bridgehead atoms. The average Bonchev–Trinajstić information content (AvgIpc) is 2.77. The fourth-order valence-electron chi connectivity index (χ4n) is 3.23. The van der Waals surface area contributed by atoms with Crippen molar-refractivity contribution in [2.45, 2.75) is 17.5 Å². The van der Waals surface area contributed by atoms with Crippen LogP contribution in [0.1, 0.15) is 16.8 Å². The number of sulfonamides is 1. The monoisotopic (exact) mass is 469 g/mol. The van der Waals surface area contributed by atoms with Crippen LogP contribution in [0.2, 0.25) is 5.15 Å². The molecule has 1 aliphatic heterocycles. The summed E-state index contributed by atoms with van der Waals surface area (Å²) in [6.45, 7) is 0.392. The molecular weight excluding hydrogens is 449 g/mol. The number of aromatic nitrogens is 1. The number of amides is 2. The van der Waals surface area contributed by atoms with Gasteiger partial charge >= 0.3 is 0 Å². The maximum atomic E-state index is 13.3. The maximum Gasteiger partial charge on any atom is 0.259 e. The van der Waals surface area contributed by atoms with Crippen molar-refractivity contribution in [1.29, 1.82) is 0 Å². The SMILES string of the molecule is NCCNC(=O)C1N(C(=O)c2ccc(Cl)nc2)CCCN1S(=O)(=O)c1ccc(F)cc1. The van der Waals surface area contributed by atoms with Crippen LogP contribution in [0.3, 0.4) is 0 Å². The number of hydrogen-bond donors (Lipinski definition) is 2. The Kier molecular flexibility index (Phi) is 7.21. The Balaban J connectivity index is 2.01. The lowest BCUT2D eigenvalue weighted by Crippen LogP contribution is -2.63. The van der Waals surface area contributed by atoms with Crippen LogP contribution in [0.15, 0.2) is 47.5 Å². The van der Waals surface area contributed by atoms with Crippen molar-refractivity contribution in [3.63, 3.8) is 0 Å². The molecule has 1 aliphatic rings. The van der Waals surface area contributed by atoms with Gasteiger partial charge in [0.15, 0.2) is 6.17 Å². The summed E-state index contributed by atoms with van der Waals surface area (Å²) in [5.41, 5.74) is 5.60. The number of nitrogens with two attached hydrogens (primary N) is 1.